The normalized spacial score (nSPS) is 19.4. The molecule has 0 radical (unpaired) electrons. The Hall–Kier alpha value is -2.47. The molecule has 1 saturated carbocycles. The molecule has 1 aliphatic carbocycles. The molecular weight excluding hydrogens is 357 g/mol. The Morgan fingerprint density at radius 3 is 2.18 bits per heavy atom. The fourth-order valence-electron chi connectivity index (χ4n) is 3.74. The molecule has 0 N–H and O–H groups in total. The van der Waals surface area contributed by atoms with Crippen molar-refractivity contribution in [3.63, 3.8) is 0 Å². The number of hydrogen-bond donors (Lipinski definition) is 0. The van der Waals surface area contributed by atoms with Gasteiger partial charge in [0, 0.05) is 5.92 Å². The average Bonchev–Trinajstić information content (AvgIpc) is 2.69. The molecule has 3 rings (SSSR count). The van der Waals surface area contributed by atoms with Crippen molar-refractivity contribution < 1.29 is 13.2 Å². The van der Waals surface area contributed by atoms with Gasteiger partial charge in [-0.3, -0.25) is 0 Å². The molecule has 146 valence electrons. The molecule has 0 saturated heterocycles. The maximum atomic E-state index is 14.5. The van der Waals surface area contributed by atoms with Crippen LogP contribution in [0.1, 0.15) is 50.2 Å². The van der Waals surface area contributed by atoms with E-state index in [-0.39, 0.29) is 17.4 Å². The third-order valence-electron chi connectivity index (χ3n) is 5.39. The van der Waals surface area contributed by atoms with Gasteiger partial charge in [-0.15, -0.1) is 0 Å². The van der Waals surface area contributed by atoms with Crippen molar-refractivity contribution in [1.82, 2.24) is 0 Å². The number of hydrogen-bond acceptors (Lipinski definition) is 0. The average molecular weight is 382 g/mol. The number of halogens is 3. The predicted octanol–water partition coefficient (Wildman–Crippen LogP) is 7.23. The van der Waals surface area contributed by atoms with Crippen LogP contribution in [0.4, 0.5) is 13.2 Å². The van der Waals surface area contributed by atoms with Crippen molar-refractivity contribution in [3.05, 3.63) is 71.6 Å². The van der Waals surface area contributed by atoms with Gasteiger partial charge in [-0.1, -0.05) is 55.5 Å². The second-order valence-corrected chi connectivity index (χ2v) is 7.46. The Labute approximate surface area is 165 Å². The van der Waals surface area contributed by atoms with Crippen molar-refractivity contribution >= 4 is 0 Å². The minimum atomic E-state index is -0.630. The van der Waals surface area contributed by atoms with Gasteiger partial charge in [0.25, 0.3) is 0 Å². The zero-order valence-corrected chi connectivity index (χ0v) is 16.2. The van der Waals surface area contributed by atoms with E-state index in [0.717, 1.165) is 44.1 Å². The zero-order chi connectivity index (χ0) is 19.9. The second-order valence-electron chi connectivity index (χ2n) is 7.46. The molecule has 0 unspecified atom stereocenters. The summed E-state index contributed by atoms with van der Waals surface area (Å²) in [7, 11) is 0. The molecular formula is C25H25F3. The molecule has 0 atom stereocenters. The lowest BCUT2D eigenvalue weighted by atomic mass is 9.82. The van der Waals surface area contributed by atoms with Crippen LogP contribution >= 0.6 is 0 Å². The van der Waals surface area contributed by atoms with Crippen molar-refractivity contribution in [2.24, 2.45) is 11.8 Å². The third kappa shape index (κ3) is 5.07. The van der Waals surface area contributed by atoms with Crippen LogP contribution in [0.2, 0.25) is 0 Å². The Morgan fingerprint density at radius 1 is 0.964 bits per heavy atom. The van der Waals surface area contributed by atoms with Crippen LogP contribution in [-0.4, -0.2) is 0 Å². The third-order valence-corrected chi connectivity index (χ3v) is 5.39. The highest BCUT2D eigenvalue weighted by molar-refractivity contribution is 5.65. The van der Waals surface area contributed by atoms with Crippen LogP contribution < -0.4 is 0 Å². The monoisotopic (exact) mass is 382 g/mol. The Kier molecular flexibility index (Phi) is 6.98. The smallest absolute Gasteiger partial charge is 0.142 e. The van der Waals surface area contributed by atoms with Crippen LogP contribution in [0.3, 0.4) is 0 Å². The highest BCUT2D eigenvalue weighted by Crippen LogP contribution is 2.30. The number of allylic oxidation sites excluding steroid dienone is 1. The first-order valence-electron chi connectivity index (χ1n) is 9.97. The molecule has 1 aliphatic rings. The van der Waals surface area contributed by atoms with Crippen molar-refractivity contribution in [2.45, 2.75) is 45.4 Å². The van der Waals surface area contributed by atoms with Crippen LogP contribution in [0, 0.1) is 35.3 Å². The fraction of sp³-hybridized carbons (Fsp3) is 0.360. The lowest BCUT2D eigenvalue weighted by molar-refractivity contribution is 0.362. The molecule has 0 aliphatic heterocycles. The van der Waals surface area contributed by atoms with Crippen LogP contribution in [0.5, 0.6) is 0 Å². The lowest BCUT2D eigenvalue weighted by Gasteiger charge is -2.22. The highest BCUT2D eigenvalue weighted by atomic mass is 19.1. The zero-order valence-electron chi connectivity index (χ0n) is 16.2. The molecule has 0 aromatic heterocycles. The van der Waals surface area contributed by atoms with Gasteiger partial charge in [0.2, 0.25) is 0 Å². The van der Waals surface area contributed by atoms with Crippen LogP contribution in [0.15, 0.2) is 48.8 Å². The summed E-state index contributed by atoms with van der Waals surface area (Å²) in [6.07, 6.45) is 7.60. The van der Waals surface area contributed by atoms with Crippen LogP contribution in [-0.2, 0) is 6.42 Å². The first kappa shape index (κ1) is 20.3. The molecule has 0 spiro atoms. The van der Waals surface area contributed by atoms with E-state index in [0.29, 0.717) is 11.9 Å². The van der Waals surface area contributed by atoms with E-state index in [1.807, 2.05) is 24.3 Å². The summed E-state index contributed by atoms with van der Waals surface area (Å²) in [5, 5.41) is 0. The number of aryl methyl sites for hydroxylation is 1. The van der Waals surface area contributed by atoms with E-state index < -0.39 is 11.6 Å². The lowest BCUT2D eigenvalue weighted by Crippen LogP contribution is -2.11. The van der Waals surface area contributed by atoms with Gasteiger partial charge in [-0.2, -0.15) is 0 Å². The van der Waals surface area contributed by atoms with Crippen molar-refractivity contribution in [3.8, 4) is 23.0 Å². The van der Waals surface area contributed by atoms with Gasteiger partial charge in [-0.25, -0.2) is 13.2 Å². The number of rotatable bonds is 4. The summed E-state index contributed by atoms with van der Waals surface area (Å²) in [5.74, 6) is 4.82. The Bertz CT molecular complexity index is 853. The maximum Gasteiger partial charge on any atom is 0.142 e. The summed E-state index contributed by atoms with van der Waals surface area (Å²) < 4.78 is 41.3. The quantitative estimate of drug-likeness (QED) is 0.490. The summed E-state index contributed by atoms with van der Waals surface area (Å²) in [5.41, 5.74) is 2.35. The SMILES string of the molecule is CCCc1ccc(-c2cc(F)c(C#CC3CCC(/C=C/F)CC3)c(F)c2)cc1. The van der Waals surface area contributed by atoms with Gasteiger partial charge >= 0.3 is 0 Å². The Balaban J connectivity index is 1.74. The first-order chi connectivity index (χ1) is 13.6. The molecule has 3 heteroatoms. The maximum absolute atomic E-state index is 14.5. The fourth-order valence-corrected chi connectivity index (χ4v) is 3.74. The molecule has 2 aromatic rings. The second kappa shape index (κ2) is 9.64. The predicted molar refractivity (Wildman–Crippen MR) is 108 cm³/mol. The molecule has 0 nitrogen and oxygen atoms in total. The minimum absolute atomic E-state index is 0.105. The van der Waals surface area contributed by atoms with Gasteiger partial charge in [-0.05, 0) is 66.8 Å². The van der Waals surface area contributed by atoms with Crippen molar-refractivity contribution in [2.75, 3.05) is 0 Å². The summed E-state index contributed by atoms with van der Waals surface area (Å²) >= 11 is 0. The molecule has 0 bridgehead atoms. The molecule has 0 amide bonds. The van der Waals surface area contributed by atoms with E-state index in [2.05, 4.69) is 18.8 Å². The Morgan fingerprint density at radius 2 is 1.61 bits per heavy atom. The van der Waals surface area contributed by atoms with E-state index in [1.54, 1.807) is 6.08 Å². The van der Waals surface area contributed by atoms with E-state index in [1.165, 1.54) is 17.7 Å². The standard InChI is InChI=1S/C25H25F3/c1-2-3-18-8-11-21(12-9-18)22-16-24(27)23(25(28)17-22)13-10-19-4-6-20(7-5-19)14-15-26/h8-9,11-12,14-17,19-20H,2-7H2,1H3/b15-14+. The largest absolute Gasteiger partial charge is 0.216 e. The molecule has 0 heterocycles. The van der Waals surface area contributed by atoms with Gasteiger partial charge < -0.3 is 0 Å². The summed E-state index contributed by atoms with van der Waals surface area (Å²) in [6, 6.07) is 10.5. The van der Waals surface area contributed by atoms with E-state index in [9.17, 15) is 13.2 Å². The van der Waals surface area contributed by atoms with Gasteiger partial charge in [0.1, 0.15) is 11.6 Å². The van der Waals surface area contributed by atoms with E-state index >= 15 is 0 Å². The van der Waals surface area contributed by atoms with Crippen LogP contribution in [0.25, 0.3) is 11.1 Å². The van der Waals surface area contributed by atoms with E-state index in [4.69, 9.17) is 0 Å². The molecule has 2 aromatic carbocycles. The summed E-state index contributed by atoms with van der Waals surface area (Å²) in [4.78, 5) is 0. The minimum Gasteiger partial charge on any atom is -0.216 e. The highest BCUT2D eigenvalue weighted by Gasteiger charge is 2.18. The van der Waals surface area contributed by atoms with Gasteiger partial charge in [0.15, 0.2) is 0 Å². The summed E-state index contributed by atoms with van der Waals surface area (Å²) in [6.45, 7) is 2.12. The first-order valence-corrected chi connectivity index (χ1v) is 9.97. The van der Waals surface area contributed by atoms with Gasteiger partial charge in [0.05, 0.1) is 11.9 Å². The topological polar surface area (TPSA) is 0 Å². The molecule has 28 heavy (non-hydrogen) atoms. The number of benzene rings is 2. The van der Waals surface area contributed by atoms with Crippen molar-refractivity contribution in [1.29, 1.82) is 0 Å². The molecule has 1 fully saturated rings.